The van der Waals surface area contributed by atoms with Gasteiger partial charge in [-0.3, -0.25) is 4.79 Å². The molecule has 0 aliphatic heterocycles. The summed E-state index contributed by atoms with van der Waals surface area (Å²) >= 11 is 0. The Labute approximate surface area is 167 Å². The van der Waals surface area contributed by atoms with Crippen LogP contribution >= 0.6 is 0 Å². The van der Waals surface area contributed by atoms with Gasteiger partial charge in [-0.05, 0) is 59.2 Å². The van der Waals surface area contributed by atoms with E-state index in [-0.39, 0.29) is 5.43 Å². The molecule has 0 saturated carbocycles. The van der Waals surface area contributed by atoms with Gasteiger partial charge in [0.25, 0.3) is 0 Å². The number of rotatable bonds is 3. The number of nitrogens with zero attached hydrogens (tertiary/aromatic N) is 1. The van der Waals surface area contributed by atoms with Crippen molar-refractivity contribution in [3.05, 3.63) is 69.4 Å². The number of fused-ring (bicyclic) bond motifs is 1. The number of aryl methyl sites for hydroxylation is 1. The minimum Gasteiger partial charge on any atom is -0.455 e. The molecule has 146 valence electrons. The zero-order valence-electron chi connectivity index (χ0n) is 17.1. The molecule has 1 heterocycles. The maximum absolute atomic E-state index is 13.1. The van der Waals surface area contributed by atoms with Gasteiger partial charge in [-0.15, -0.1) is 0 Å². The first kappa shape index (κ1) is 20.2. The average molecular weight is 396 g/mol. The largest absolute Gasteiger partial charge is 0.455 e. The quantitative estimate of drug-likeness (QED) is 0.562. The molecule has 1 atom stereocenters. The molecular formula is C23H25NO3S. The zero-order valence-corrected chi connectivity index (χ0v) is 17.9. The Kier molecular flexibility index (Phi) is 5.39. The van der Waals surface area contributed by atoms with Gasteiger partial charge in [0.15, 0.2) is 5.43 Å². The van der Waals surface area contributed by atoms with Crippen molar-refractivity contribution in [1.82, 2.24) is 0 Å². The van der Waals surface area contributed by atoms with Gasteiger partial charge in [-0.1, -0.05) is 30.3 Å². The predicted molar refractivity (Wildman–Crippen MR) is 118 cm³/mol. The maximum Gasteiger partial charge on any atom is 0.196 e. The summed E-state index contributed by atoms with van der Waals surface area (Å²) in [4.78, 5) is 13.1. The molecule has 0 radical (unpaired) electrons. The molecule has 2 aromatic carbocycles. The summed E-state index contributed by atoms with van der Waals surface area (Å²) in [5.74, 6) is 0.549. The van der Waals surface area contributed by atoms with Crippen molar-refractivity contribution in [3.8, 4) is 11.3 Å². The van der Waals surface area contributed by atoms with Crippen molar-refractivity contribution >= 4 is 27.7 Å². The minimum atomic E-state index is -1.40. The van der Waals surface area contributed by atoms with Crippen LogP contribution < -0.4 is 5.43 Å². The highest BCUT2D eigenvalue weighted by molar-refractivity contribution is 7.85. The Bertz CT molecular complexity index is 1150. The average Bonchev–Trinajstić information content (AvgIpc) is 2.64. The van der Waals surface area contributed by atoms with Gasteiger partial charge >= 0.3 is 0 Å². The molecule has 0 aliphatic carbocycles. The van der Waals surface area contributed by atoms with Crippen LogP contribution in [0.5, 0.6) is 0 Å². The van der Waals surface area contributed by atoms with Crippen LogP contribution in [-0.2, 0) is 11.0 Å². The SMILES string of the molecule is CC(=NS(=O)C(C)(C)C)c1cc(C)cc2c(=O)c(C)c(-c3ccccc3)oc12. The Balaban J connectivity index is 2.33. The van der Waals surface area contributed by atoms with Gasteiger partial charge in [-0.25, -0.2) is 4.21 Å². The third kappa shape index (κ3) is 3.85. The summed E-state index contributed by atoms with van der Waals surface area (Å²) in [7, 11) is -1.40. The molecule has 3 rings (SSSR count). The highest BCUT2D eigenvalue weighted by Crippen LogP contribution is 2.29. The molecule has 0 N–H and O–H groups in total. The standard InChI is InChI=1S/C23H25NO3S/c1-14-12-18(16(3)24-28(26)23(4,5)6)22-19(13-14)20(25)15(2)21(27-22)17-10-8-7-9-11-17/h7-13H,1-6H3. The summed E-state index contributed by atoms with van der Waals surface area (Å²) in [6.07, 6.45) is 0. The third-order valence-corrected chi connectivity index (χ3v) is 6.02. The van der Waals surface area contributed by atoms with Gasteiger partial charge in [0.2, 0.25) is 0 Å². The molecule has 0 bridgehead atoms. The summed E-state index contributed by atoms with van der Waals surface area (Å²) in [6, 6.07) is 13.3. The molecule has 0 fully saturated rings. The van der Waals surface area contributed by atoms with Gasteiger partial charge in [0.05, 0.1) is 15.8 Å². The molecule has 0 aliphatic rings. The van der Waals surface area contributed by atoms with E-state index in [0.717, 1.165) is 11.1 Å². The summed E-state index contributed by atoms with van der Waals surface area (Å²) in [5.41, 5.74) is 4.05. The van der Waals surface area contributed by atoms with Crippen molar-refractivity contribution < 1.29 is 8.63 Å². The van der Waals surface area contributed by atoms with E-state index < -0.39 is 15.7 Å². The van der Waals surface area contributed by atoms with E-state index in [1.165, 1.54) is 0 Å². The maximum atomic E-state index is 13.1. The highest BCUT2D eigenvalue weighted by Gasteiger charge is 2.21. The predicted octanol–water partition coefficient (Wildman–Crippen LogP) is 5.35. The minimum absolute atomic E-state index is 0.0604. The van der Waals surface area contributed by atoms with E-state index in [9.17, 15) is 9.00 Å². The summed E-state index contributed by atoms with van der Waals surface area (Å²) in [6.45, 7) is 11.2. The highest BCUT2D eigenvalue weighted by atomic mass is 32.2. The fraction of sp³-hybridized carbons (Fsp3) is 0.304. The first-order valence-electron chi connectivity index (χ1n) is 9.20. The topological polar surface area (TPSA) is 59.6 Å². The van der Waals surface area contributed by atoms with E-state index in [4.69, 9.17) is 4.42 Å². The van der Waals surface area contributed by atoms with E-state index in [0.29, 0.717) is 33.6 Å². The van der Waals surface area contributed by atoms with Crippen LogP contribution in [-0.4, -0.2) is 14.7 Å². The molecule has 3 aromatic rings. The summed E-state index contributed by atoms with van der Waals surface area (Å²) in [5, 5.41) is 0.517. The molecule has 28 heavy (non-hydrogen) atoms. The van der Waals surface area contributed by atoms with Gasteiger partial charge in [0.1, 0.15) is 22.3 Å². The molecule has 1 aromatic heterocycles. The van der Waals surface area contributed by atoms with E-state index in [1.54, 1.807) is 13.8 Å². The lowest BCUT2D eigenvalue weighted by Gasteiger charge is -2.15. The van der Waals surface area contributed by atoms with Crippen molar-refractivity contribution in [2.24, 2.45) is 4.40 Å². The fourth-order valence-electron chi connectivity index (χ4n) is 2.98. The first-order chi connectivity index (χ1) is 13.1. The molecular weight excluding hydrogens is 370 g/mol. The fourth-order valence-corrected chi connectivity index (χ4v) is 3.60. The van der Waals surface area contributed by atoms with Crippen molar-refractivity contribution in [2.75, 3.05) is 0 Å². The van der Waals surface area contributed by atoms with E-state index >= 15 is 0 Å². The Hall–Kier alpha value is -2.53. The van der Waals surface area contributed by atoms with Crippen LogP contribution in [0.2, 0.25) is 0 Å². The lowest BCUT2D eigenvalue weighted by Crippen LogP contribution is -2.21. The van der Waals surface area contributed by atoms with Crippen LogP contribution in [0.15, 0.2) is 56.1 Å². The number of hydrogen-bond donors (Lipinski definition) is 0. The molecule has 1 unspecified atom stereocenters. The lowest BCUT2D eigenvalue weighted by atomic mass is 10.0. The van der Waals surface area contributed by atoms with Gasteiger partial charge < -0.3 is 4.42 Å². The third-order valence-electron chi connectivity index (χ3n) is 4.53. The van der Waals surface area contributed by atoms with Crippen molar-refractivity contribution in [1.29, 1.82) is 0 Å². The second kappa shape index (κ2) is 7.47. The number of hydrogen-bond acceptors (Lipinski definition) is 3. The van der Waals surface area contributed by atoms with Crippen LogP contribution in [0.1, 0.15) is 44.4 Å². The smallest absolute Gasteiger partial charge is 0.196 e. The first-order valence-corrected chi connectivity index (χ1v) is 10.3. The second-order valence-electron chi connectivity index (χ2n) is 7.98. The zero-order chi connectivity index (χ0) is 20.6. The summed E-state index contributed by atoms with van der Waals surface area (Å²) < 4.78 is 22.7. The Morgan fingerprint density at radius 1 is 1.07 bits per heavy atom. The van der Waals surface area contributed by atoms with Crippen molar-refractivity contribution in [3.63, 3.8) is 0 Å². The van der Waals surface area contributed by atoms with Crippen LogP contribution in [0.25, 0.3) is 22.3 Å². The van der Waals surface area contributed by atoms with Crippen LogP contribution in [0, 0.1) is 13.8 Å². The van der Waals surface area contributed by atoms with E-state index in [1.807, 2.05) is 70.2 Å². The normalized spacial score (nSPS) is 13.7. The van der Waals surface area contributed by atoms with E-state index in [2.05, 4.69) is 4.40 Å². The second-order valence-corrected chi connectivity index (χ2v) is 9.88. The molecule has 0 saturated heterocycles. The molecule has 4 nitrogen and oxygen atoms in total. The molecule has 0 amide bonds. The lowest BCUT2D eigenvalue weighted by molar-refractivity contribution is 0.613. The Morgan fingerprint density at radius 3 is 2.32 bits per heavy atom. The van der Waals surface area contributed by atoms with Gasteiger partial charge in [0, 0.05) is 16.7 Å². The van der Waals surface area contributed by atoms with Crippen LogP contribution in [0.3, 0.4) is 0 Å². The van der Waals surface area contributed by atoms with Crippen LogP contribution in [0.4, 0.5) is 0 Å². The van der Waals surface area contributed by atoms with Crippen molar-refractivity contribution in [2.45, 2.75) is 46.3 Å². The monoisotopic (exact) mass is 395 g/mol. The van der Waals surface area contributed by atoms with Gasteiger partial charge in [-0.2, -0.15) is 4.40 Å². The Morgan fingerprint density at radius 2 is 1.71 bits per heavy atom. The number of benzene rings is 2. The molecule has 5 heteroatoms. The molecule has 0 spiro atoms.